The number of carbonyl (C=O) groups excluding carboxylic acids is 1. The van der Waals surface area contributed by atoms with E-state index < -0.39 is 0 Å². The number of benzene rings is 1. The minimum Gasteiger partial charge on any atom is -0.342 e. The Morgan fingerprint density at radius 2 is 2.04 bits per heavy atom. The van der Waals surface area contributed by atoms with E-state index in [0.717, 1.165) is 11.4 Å². The molecular weight excluding hydrogens is 308 g/mol. The molecule has 1 atom stereocenters. The van der Waals surface area contributed by atoms with Gasteiger partial charge in [0, 0.05) is 5.56 Å². The number of hydrogen-bond acceptors (Lipinski definition) is 6. The monoisotopic (exact) mass is 326 g/mol. The third-order valence-corrected chi connectivity index (χ3v) is 3.61. The molecule has 1 unspecified atom stereocenters. The Morgan fingerprint density at radius 3 is 2.62 bits per heavy atom. The summed E-state index contributed by atoms with van der Waals surface area (Å²) in [6, 6.07) is 7.06. The molecule has 2 heterocycles. The molecule has 0 bridgehead atoms. The van der Waals surface area contributed by atoms with Gasteiger partial charge >= 0.3 is 0 Å². The Kier molecular flexibility index (Phi) is 4.32. The molecule has 0 fully saturated rings. The molecule has 0 aliphatic carbocycles. The fraction of sp³-hybridized carbons (Fsp3) is 0.333. The summed E-state index contributed by atoms with van der Waals surface area (Å²) in [5.74, 6) is 1.85. The van der Waals surface area contributed by atoms with Gasteiger partial charge in [-0.2, -0.15) is 5.10 Å². The third kappa shape index (κ3) is 3.45. The molecule has 3 aromatic rings. The number of rotatable bonds is 5. The van der Waals surface area contributed by atoms with Crippen LogP contribution >= 0.6 is 0 Å². The number of carbonyl (C=O) groups is 1. The maximum Gasteiger partial charge on any atom is 0.251 e. The summed E-state index contributed by atoms with van der Waals surface area (Å²) in [6.07, 6.45) is 0. The van der Waals surface area contributed by atoms with Crippen LogP contribution in [0.4, 0.5) is 0 Å². The van der Waals surface area contributed by atoms with Crippen LogP contribution in [0.25, 0.3) is 0 Å². The van der Waals surface area contributed by atoms with Crippen molar-refractivity contribution >= 4 is 5.91 Å². The maximum absolute atomic E-state index is 12.3. The van der Waals surface area contributed by atoms with Crippen molar-refractivity contribution in [2.24, 2.45) is 0 Å². The topological polar surface area (TPSA) is 114 Å². The summed E-state index contributed by atoms with van der Waals surface area (Å²) in [6.45, 7) is 6.06. The second-order valence-corrected chi connectivity index (χ2v) is 5.55. The van der Waals surface area contributed by atoms with Gasteiger partial charge in [0.2, 0.25) is 0 Å². The summed E-state index contributed by atoms with van der Waals surface area (Å²) >= 11 is 0. The number of nitrogens with one attached hydrogen (secondary N) is 2. The predicted octanol–water partition coefficient (Wildman–Crippen LogP) is 0.947. The van der Waals surface area contributed by atoms with Gasteiger partial charge in [-0.1, -0.05) is 12.1 Å². The maximum atomic E-state index is 12.3. The van der Waals surface area contributed by atoms with Crippen LogP contribution in [0.2, 0.25) is 0 Å². The first-order valence-corrected chi connectivity index (χ1v) is 7.54. The highest BCUT2D eigenvalue weighted by molar-refractivity contribution is 5.94. The van der Waals surface area contributed by atoms with Gasteiger partial charge in [0.1, 0.15) is 11.6 Å². The SMILES string of the molecule is Cc1nc(C(C)NC(=O)c2ccc(Cn3nnnc3C)cc2)n[nH]1. The van der Waals surface area contributed by atoms with E-state index >= 15 is 0 Å². The molecule has 0 radical (unpaired) electrons. The minimum absolute atomic E-state index is 0.171. The first-order chi connectivity index (χ1) is 11.5. The first-order valence-electron chi connectivity index (χ1n) is 7.54. The Morgan fingerprint density at radius 1 is 1.29 bits per heavy atom. The van der Waals surface area contributed by atoms with Crippen molar-refractivity contribution in [3.05, 3.63) is 52.9 Å². The molecule has 9 nitrogen and oxygen atoms in total. The molecule has 24 heavy (non-hydrogen) atoms. The lowest BCUT2D eigenvalue weighted by molar-refractivity contribution is 0.0938. The number of H-pyrrole nitrogens is 1. The Bertz CT molecular complexity index is 835. The summed E-state index contributed by atoms with van der Waals surface area (Å²) < 4.78 is 1.70. The van der Waals surface area contributed by atoms with Crippen molar-refractivity contribution in [1.82, 2.24) is 40.7 Å². The molecule has 1 aromatic carbocycles. The zero-order chi connectivity index (χ0) is 17.1. The number of aromatic nitrogens is 7. The smallest absolute Gasteiger partial charge is 0.251 e. The van der Waals surface area contributed by atoms with E-state index in [1.54, 1.807) is 16.8 Å². The first kappa shape index (κ1) is 15.8. The number of nitrogens with zero attached hydrogens (tertiary/aromatic N) is 6. The van der Waals surface area contributed by atoms with E-state index in [2.05, 4.69) is 36.0 Å². The summed E-state index contributed by atoms with van der Waals surface area (Å²) in [5.41, 5.74) is 1.59. The van der Waals surface area contributed by atoms with Crippen LogP contribution in [0.1, 0.15) is 46.4 Å². The van der Waals surface area contributed by atoms with E-state index in [-0.39, 0.29) is 11.9 Å². The summed E-state index contributed by atoms with van der Waals surface area (Å²) in [5, 5.41) is 21.1. The second-order valence-electron chi connectivity index (χ2n) is 5.55. The van der Waals surface area contributed by atoms with Crippen molar-refractivity contribution < 1.29 is 4.79 Å². The van der Waals surface area contributed by atoms with Crippen LogP contribution in [0, 0.1) is 13.8 Å². The van der Waals surface area contributed by atoms with Gasteiger partial charge in [0.05, 0.1) is 12.6 Å². The Hall–Kier alpha value is -3.10. The number of tetrazole rings is 1. The summed E-state index contributed by atoms with van der Waals surface area (Å²) in [4.78, 5) is 16.5. The normalized spacial score (nSPS) is 12.1. The molecule has 0 saturated carbocycles. The average Bonchev–Trinajstić information content (AvgIpc) is 3.17. The van der Waals surface area contributed by atoms with Gasteiger partial charge in [-0.3, -0.25) is 9.89 Å². The minimum atomic E-state index is -0.272. The molecule has 0 aliphatic heterocycles. The second kappa shape index (κ2) is 6.57. The zero-order valence-corrected chi connectivity index (χ0v) is 13.7. The molecule has 9 heteroatoms. The van der Waals surface area contributed by atoms with Crippen molar-refractivity contribution in [2.45, 2.75) is 33.4 Å². The van der Waals surface area contributed by atoms with Crippen molar-refractivity contribution in [3.8, 4) is 0 Å². The van der Waals surface area contributed by atoms with E-state index in [9.17, 15) is 4.79 Å². The summed E-state index contributed by atoms with van der Waals surface area (Å²) in [7, 11) is 0. The van der Waals surface area contributed by atoms with Crippen molar-refractivity contribution in [2.75, 3.05) is 0 Å². The van der Waals surface area contributed by atoms with Crippen LogP contribution in [-0.2, 0) is 6.54 Å². The zero-order valence-electron chi connectivity index (χ0n) is 13.7. The van der Waals surface area contributed by atoms with E-state index in [0.29, 0.717) is 23.8 Å². The van der Waals surface area contributed by atoms with Gasteiger partial charge in [-0.05, 0) is 48.9 Å². The molecule has 3 rings (SSSR count). The van der Waals surface area contributed by atoms with E-state index in [4.69, 9.17) is 0 Å². The third-order valence-electron chi connectivity index (χ3n) is 3.61. The quantitative estimate of drug-likeness (QED) is 0.721. The van der Waals surface area contributed by atoms with Crippen LogP contribution in [0.15, 0.2) is 24.3 Å². The molecule has 0 spiro atoms. The van der Waals surface area contributed by atoms with Gasteiger partial charge in [-0.25, -0.2) is 9.67 Å². The fourth-order valence-electron chi connectivity index (χ4n) is 2.23. The van der Waals surface area contributed by atoms with Crippen LogP contribution in [0.3, 0.4) is 0 Å². The molecule has 2 aromatic heterocycles. The Balaban J connectivity index is 1.64. The van der Waals surface area contributed by atoms with Crippen LogP contribution < -0.4 is 5.32 Å². The molecule has 0 aliphatic rings. The van der Waals surface area contributed by atoms with Crippen molar-refractivity contribution in [3.63, 3.8) is 0 Å². The van der Waals surface area contributed by atoms with Gasteiger partial charge in [-0.15, -0.1) is 5.10 Å². The number of aromatic amines is 1. The lowest BCUT2D eigenvalue weighted by Crippen LogP contribution is -2.27. The van der Waals surface area contributed by atoms with Gasteiger partial charge in [0.15, 0.2) is 5.82 Å². The highest BCUT2D eigenvalue weighted by Gasteiger charge is 2.15. The average molecular weight is 326 g/mol. The van der Waals surface area contributed by atoms with Crippen LogP contribution in [0.5, 0.6) is 0 Å². The van der Waals surface area contributed by atoms with E-state index in [1.165, 1.54) is 0 Å². The highest BCUT2D eigenvalue weighted by atomic mass is 16.1. The van der Waals surface area contributed by atoms with E-state index in [1.807, 2.05) is 32.9 Å². The molecule has 0 saturated heterocycles. The van der Waals surface area contributed by atoms with Crippen molar-refractivity contribution in [1.29, 1.82) is 0 Å². The number of aryl methyl sites for hydroxylation is 2. The predicted molar refractivity (Wildman–Crippen MR) is 85.1 cm³/mol. The molecule has 2 N–H and O–H groups in total. The fourth-order valence-corrected chi connectivity index (χ4v) is 2.23. The number of amides is 1. The molecular formula is C15H18N8O. The lowest BCUT2D eigenvalue weighted by atomic mass is 10.1. The number of hydrogen-bond donors (Lipinski definition) is 2. The van der Waals surface area contributed by atoms with Crippen LogP contribution in [-0.4, -0.2) is 41.3 Å². The Labute approximate surface area is 138 Å². The standard InChI is InChI=1S/C15H18N8O/c1-9(14-17-10(2)18-20-14)16-15(24)13-6-4-12(5-7-13)8-23-11(3)19-21-22-23/h4-7,9H,8H2,1-3H3,(H,16,24)(H,17,18,20). The lowest BCUT2D eigenvalue weighted by Gasteiger charge is -2.11. The largest absolute Gasteiger partial charge is 0.342 e. The molecule has 124 valence electrons. The molecule has 1 amide bonds. The van der Waals surface area contributed by atoms with Gasteiger partial charge < -0.3 is 5.32 Å². The highest BCUT2D eigenvalue weighted by Crippen LogP contribution is 2.10. The van der Waals surface area contributed by atoms with Gasteiger partial charge in [0.25, 0.3) is 5.91 Å².